The Morgan fingerprint density at radius 3 is 2.93 bits per heavy atom. The first-order chi connectivity index (χ1) is 6.72. The van der Waals surface area contributed by atoms with E-state index in [0.717, 1.165) is 23.9 Å². The smallest absolute Gasteiger partial charge is 0.123 e. The van der Waals surface area contributed by atoms with Crippen LogP contribution >= 0.6 is 15.9 Å². The normalized spacial score (nSPS) is 12.8. The maximum absolute atomic E-state index is 12.8. The van der Waals surface area contributed by atoms with Crippen LogP contribution in [0.2, 0.25) is 0 Å². The van der Waals surface area contributed by atoms with E-state index in [9.17, 15) is 4.39 Å². The van der Waals surface area contributed by atoms with Crippen LogP contribution in [0.15, 0.2) is 24.3 Å². The zero-order valence-corrected chi connectivity index (χ0v) is 9.85. The molecule has 1 nitrogen and oxygen atoms in total. The number of hydrogen-bond donors (Lipinski definition) is 1. The minimum Gasteiger partial charge on any atom is -0.310 e. The molecule has 0 saturated carbocycles. The molecule has 0 radical (unpaired) electrons. The Bertz CT molecular complexity index is 278. The molecule has 1 atom stereocenters. The van der Waals surface area contributed by atoms with E-state index in [4.69, 9.17) is 0 Å². The van der Waals surface area contributed by atoms with Gasteiger partial charge in [-0.3, -0.25) is 0 Å². The Morgan fingerprint density at radius 2 is 2.29 bits per heavy atom. The van der Waals surface area contributed by atoms with Crippen LogP contribution in [0.3, 0.4) is 0 Å². The van der Waals surface area contributed by atoms with E-state index in [1.54, 1.807) is 12.1 Å². The third kappa shape index (κ3) is 4.20. The molecule has 1 unspecified atom stereocenters. The lowest BCUT2D eigenvalue weighted by molar-refractivity contribution is 0.536. The fourth-order valence-electron chi connectivity index (χ4n) is 1.20. The van der Waals surface area contributed by atoms with Gasteiger partial charge in [-0.15, -0.1) is 0 Å². The highest BCUT2D eigenvalue weighted by Gasteiger charge is 2.00. The summed E-state index contributed by atoms with van der Waals surface area (Å²) >= 11 is 3.39. The van der Waals surface area contributed by atoms with Gasteiger partial charge in [0.2, 0.25) is 0 Å². The third-order valence-corrected chi connectivity index (χ3v) is 2.54. The highest BCUT2D eigenvalue weighted by molar-refractivity contribution is 9.09. The molecule has 0 saturated heterocycles. The summed E-state index contributed by atoms with van der Waals surface area (Å²) in [6, 6.07) is 7.15. The fourth-order valence-corrected chi connectivity index (χ4v) is 1.89. The first kappa shape index (κ1) is 11.7. The molecule has 3 heteroatoms. The van der Waals surface area contributed by atoms with Crippen molar-refractivity contribution in [3.8, 4) is 0 Å². The first-order valence-corrected chi connectivity index (χ1v) is 5.88. The molecule has 0 aliphatic rings. The maximum Gasteiger partial charge on any atom is 0.123 e. The Labute approximate surface area is 92.8 Å². The molecule has 0 heterocycles. The van der Waals surface area contributed by atoms with Crippen molar-refractivity contribution >= 4 is 15.9 Å². The van der Waals surface area contributed by atoms with E-state index in [0.29, 0.717) is 6.04 Å². The predicted molar refractivity (Wildman–Crippen MR) is 61.1 cm³/mol. The quantitative estimate of drug-likeness (QED) is 0.802. The van der Waals surface area contributed by atoms with E-state index in [2.05, 4.69) is 28.2 Å². The summed E-state index contributed by atoms with van der Waals surface area (Å²) < 4.78 is 12.8. The number of benzene rings is 1. The monoisotopic (exact) mass is 259 g/mol. The summed E-state index contributed by atoms with van der Waals surface area (Å²) in [7, 11) is 0. The average Bonchev–Trinajstić information content (AvgIpc) is 2.15. The lowest BCUT2D eigenvalue weighted by Crippen LogP contribution is -2.25. The summed E-state index contributed by atoms with van der Waals surface area (Å²) in [6.45, 7) is 2.85. The van der Waals surface area contributed by atoms with Gasteiger partial charge in [-0.05, 0) is 31.0 Å². The Morgan fingerprint density at radius 1 is 1.50 bits per heavy atom. The van der Waals surface area contributed by atoms with E-state index >= 15 is 0 Å². The molecule has 78 valence electrons. The molecule has 0 aliphatic carbocycles. The molecule has 1 N–H and O–H groups in total. The van der Waals surface area contributed by atoms with Gasteiger partial charge in [0.15, 0.2) is 0 Å². The van der Waals surface area contributed by atoms with Crippen LogP contribution in [0.5, 0.6) is 0 Å². The van der Waals surface area contributed by atoms with Gasteiger partial charge in [-0.1, -0.05) is 28.1 Å². The molecule has 14 heavy (non-hydrogen) atoms. The van der Waals surface area contributed by atoms with Gasteiger partial charge in [0.1, 0.15) is 5.82 Å². The van der Waals surface area contributed by atoms with E-state index < -0.39 is 0 Å². The average molecular weight is 260 g/mol. The van der Waals surface area contributed by atoms with Crippen LogP contribution in [0.25, 0.3) is 0 Å². The Kier molecular flexibility index (Phi) is 5.12. The predicted octanol–water partition coefficient (Wildman–Crippen LogP) is 3.09. The van der Waals surface area contributed by atoms with Crippen LogP contribution in [0.4, 0.5) is 4.39 Å². The molecule has 0 aliphatic heterocycles. The molecule has 0 bridgehead atoms. The van der Waals surface area contributed by atoms with Gasteiger partial charge in [0, 0.05) is 17.9 Å². The summed E-state index contributed by atoms with van der Waals surface area (Å²) in [5.74, 6) is -0.169. The van der Waals surface area contributed by atoms with Crippen LogP contribution in [0, 0.1) is 5.82 Å². The third-order valence-electron chi connectivity index (χ3n) is 2.09. The lowest BCUT2D eigenvalue weighted by Gasteiger charge is -2.11. The highest BCUT2D eigenvalue weighted by Crippen LogP contribution is 2.04. The molecule has 0 amide bonds. The Hall–Kier alpha value is -0.410. The van der Waals surface area contributed by atoms with E-state index in [1.165, 1.54) is 6.07 Å². The van der Waals surface area contributed by atoms with Crippen LogP contribution in [-0.4, -0.2) is 11.4 Å². The van der Waals surface area contributed by atoms with Gasteiger partial charge in [0.05, 0.1) is 0 Å². The van der Waals surface area contributed by atoms with Crippen LogP contribution in [-0.2, 0) is 6.54 Å². The van der Waals surface area contributed by atoms with Crippen molar-refractivity contribution in [2.24, 2.45) is 0 Å². The zero-order chi connectivity index (χ0) is 10.4. The molecule has 0 spiro atoms. The summed E-state index contributed by atoms with van der Waals surface area (Å²) in [5.41, 5.74) is 0.992. The summed E-state index contributed by atoms with van der Waals surface area (Å²) in [5, 5.41) is 4.32. The minimum atomic E-state index is -0.169. The van der Waals surface area contributed by atoms with Crippen molar-refractivity contribution in [3.05, 3.63) is 35.6 Å². The standard InChI is InChI=1S/C11H15BrFN/c1-9(5-6-12)14-8-10-3-2-4-11(13)7-10/h2-4,7,9,14H,5-6,8H2,1H3. The molecule has 1 aromatic rings. The van der Waals surface area contributed by atoms with Crippen molar-refractivity contribution in [1.82, 2.24) is 5.32 Å². The molecular weight excluding hydrogens is 245 g/mol. The highest BCUT2D eigenvalue weighted by atomic mass is 79.9. The maximum atomic E-state index is 12.8. The van der Waals surface area contributed by atoms with Crippen LogP contribution < -0.4 is 5.32 Å². The summed E-state index contributed by atoms with van der Waals surface area (Å²) in [6.07, 6.45) is 1.08. The van der Waals surface area contributed by atoms with Gasteiger partial charge in [-0.25, -0.2) is 4.39 Å². The molecule has 0 aromatic heterocycles. The second-order valence-corrected chi connectivity index (χ2v) is 4.18. The van der Waals surface area contributed by atoms with Gasteiger partial charge in [-0.2, -0.15) is 0 Å². The molecule has 1 aromatic carbocycles. The van der Waals surface area contributed by atoms with E-state index in [-0.39, 0.29) is 5.82 Å². The minimum absolute atomic E-state index is 0.169. The van der Waals surface area contributed by atoms with Crippen LogP contribution in [0.1, 0.15) is 18.9 Å². The number of nitrogens with one attached hydrogen (secondary N) is 1. The van der Waals surface area contributed by atoms with Crippen molar-refractivity contribution in [2.75, 3.05) is 5.33 Å². The van der Waals surface area contributed by atoms with Crippen molar-refractivity contribution in [2.45, 2.75) is 25.9 Å². The number of halogens is 2. The van der Waals surface area contributed by atoms with Gasteiger partial charge < -0.3 is 5.32 Å². The lowest BCUT2D eigenvalue weighted by atomic mass is 10.2. The topological polar surface area (TPSA) is 12.0 Å². The fraction of sp³-hybridized carbons (Fsp3) is 0.455. The number of rotatable bonds is 5. The largest absolute Gasteiger partial charge is 0.310 e. The van der Waals surface area contributed by atoms with E-state index in [1.807, 2.05) is 6.07 Å². The molecule has 0 fully saturated rings. The van der Waals surface area contributed by atoms with Crippen molar-refractivity contribution < 1.29 is 4.39 Å². The SMILES string of the molecule is CC(CCBr)NCc1cccc(F)c1. The Balaban J connectivity index is 2.37. The first-order valence-electron chi connectivity index (χ1n) is 4.76. The zero-order valence-electron chi connectivity index (χ0n) is 8.26. The second kappa shape index (κ2) is 6.14. The number of alkyl halides is 1. The molecular formula is C11H15BrFN. The molecule has 1 rings (SSSR count). The second-order valence-electron chi connectivity index (χ2n) is 3.39. The van der Waals surface area contributed by atoms with Gasteiger partial charge in [0.25, 0.3) is 0 Å². The van der Waals surface area contributed by atoms with Gasteiger partial charge >= 0.3 is 0 Å². The summed E-state index contributed by atoms with van der Waals surface area (Å²) in [4.78, 5) is 0. The number of hydrogen-bond acceptors (Lipinski definition) is 1. The van der Waals surface area contributed by atoms with Crippen molar-refractivity contribution in [3.63, 3.8) is 0 Å². The van der Waals surface area contributed by atoms with Crippen molar-refractivity contribution in [1.29, 1.82) is 0 Å².